The molecule has 1 aliphatic heterocycles. The van der Waals surface area contributed by atoms with Gasteiger partial charge in [-0.25, -0.2) is 9.69 Å². The summed E-state index contributed by atoms with van der Waals surface area (Å²) < 4.78 is 6.86. The highest BCUT2D eigenvalue weighted by molar-refractivity contribution is 7.99. The number of anilines is 2. The van der Waals surface area contributed by atoms with Crippen molar-refractivity contribution in [1.29, 1.82) is 0 Å². The van der Waals surface area contributed by atoms with Crippen molar-refractivity contribution in [2.45, 2.75) is 25.5 Å². The Labute approximate surface area is 234 Å². The predicted octanol–water partition coefficient (Wildman–Crippen LogP) is 4.67. The monoisotopic (exact) mass is 555 g/mol. The smallest absolute Gasteiger partial charge is 0.338 e. The lowest BCUT2D eigenvalue weighted by Gasteiger charge is -2.14. The number of ether oxygens (including phenoxy) is 1. The summed E-state index contributed by atoms with van der Waals surface area (Å²) >= 11 is 1.25. The summed E-state index contributed by atoms with van der Waals surface area (Å²) in [5, 5.41) is 12.0. The number of nitrogens with zero attached hydrogens (tertiary/aromatic N) is 4. The Bertz CT molecular complexity index is 1560. The van der Waals surface area contributed by atoms with Gasteiger partial charge in [0.1, 0.15) is 0 Å². The second-order valence-corrected chi connectivity index (χ2v) is 9.67. The first-order valence-electron chi connectivity index (χ1n) is 12.6. The molecular formula is C29H25N5O5S. The van der Waals surface area contributed by atoms with Crippen molar-refractivity contribution in [2.24, 2.45) is 0 Å². The Hall–Kier alpha value is -4.77. The number of hydrogen-bond acceptors (Lipinski definition) is 8. The molecule has 1 N–H and O–H groups in total. The Balaban J connectivity index is 1.24. The number of thioether (sulfide) groups is 1. The number of esters is 1. The highest BCUT2D eigenvalue weighted by Gasteiger charge is 2.36. The number of rotatable bonds is 9. The van der Waals surface area contributed by atoms with E-state index in [0.29, 0.717) is 52.2 Å². The van der Waals surface area contributed by atoms with Crippen molar-refractivity contribution in [2.75, 3.05) is 22.6 Å². The fraction of sp³-hybridized carbons (Fsp3) is 0.172. The average Bonchev–Trinajstić information content (AvgIpc) is 3.50. The number of fused-ring (bicyclic) bond motifs is 1. The third-order valence-electron chi connectivity index (χ3n) is 6.22. The quantitative estimate of drug-likeness (QED) is 0.180. The molecule has 0 bridgehead atoms. The molecule has 1 aliphatic rings. The van der Waals surface area contributed by atoms with Crippen molar-refractivity contribution in [3.8, 4) is 11.4 Å². The maximum absolute atomic E-state index is 12.8. The van der Waals surface area contributed by atoms with Gasteiger partial charge < -0.3 is 14.6 Å². The normalized spacial score (nSPS) is 12.4. The van der Waals surface area contributed by atoms with Gasteiger partial charge in [-0.1, -0.05) is 23.9 Å². The molecule has 40 heavy (non-hydrogen) atoms. The maximum Gasteiger partial charge on any atom is 0.338 e. The van der Waals surface area contributed by atoms with E-state index in [1.54, 1.807) is 79.7 Å². The summed E-state index contributed by atoms with van der Waals surface area (Å²) in [5.74, 6) is -0.630. The minimum atomic E-state index is -0.413. The van der Waals surface area contributed by atoms with E-state index in [2.05, 4.69) is 15.5 Å². The molecule has 3 amide bonds. The minimum absolute atomic E-state index is 0.108. The zero-order valence-corrected chi connectivity index (χ0v) is 22.6. The van der Waals surface area contributed by atoms with Crippen LogP contribution >= 0.6 is 11.8 Å². The molecule has 0 saturated heterocycles. The van der Waals surface area contributed by atoms with Gasteiger partial charge in [0.2, 0.25) is 5.91 Å². The van der Waals surface area contributed by atoms with Crippen molar-refractivity contribution in [3.63, 3.8) is 0 Å². The number of carbonyl (C=O) groups is 4. The highest BCUT2D eigenvalue weighted by atomic mass is 32.2. The molecule has 1 aromatic heterocycles. The van der Waals surface area contributed by atoms with Gasteiger partial charge in [-0.05, 0) is 74.5 Å². The SMILES string of the molecule is CCOC(=O)c1ccc(NC(=O)CSc2nnc(-c3ccc(N4C(=O)c5ccccc5C4=O)cc3)n2CC)cc1. The van der Waals surface area contributed by atoms with E-state index in [9.17, 15) is 19.2 Å². The second kappa shape index (κ2) is 11.5. The van der Waals surface area contributed by atoms with E-state index >= 15 is 0 Å². The Kier molecular flexibility index (Phi) is 7.74. The number of carbonyl (C=O) groups excluding carboxylic acids is 4. The fourth-order valence-corrected chi connectivity index (χ4v) is 5.11. The van der Waals surface area contributed by atoms with Crippen LogP contribution in [-0.2, 0) is 16.1 Å². The molecular weight excluding hydrogens is 530 g/mol. The van der Waals surface area contributed by atoms with E-state index in [-0.39, 0.29) is 23.5 Å². The molecule has 202 valence electrons. The van der Waals surface area contributed by atoms with Crippen LogP contribution in [0.5, 0.6) is 0 Å². The number of imide groups is 1. The zero-order valence-electron chi connectivity index (χ0n) is 21.8. The van der Waals surface area contributed by atoms with Gasteiger partial charge in [0.25, 0.3) is 11.8 Å². The molecule has 0 aliphatic carbocycles. The van der Waals surface area contributed by atoms with Crippen molar-refractivity contribution < 1.29 is 23.9 Å². The summed E-state index contributed by atoms with van der Waals surface area (Å²) in [6.07, 6.45) is 0. The summed E-state index contributed by atoms with van der Waals surface area (Å²) in [6.45, 7) is 4.56. The first kappa shape index (κ1) is 26.8. The van der Waals surface area contributed by atoms with Gasteiger partial charge >= 0.3 is 5.97 Å². The van der Waals surface area contributed by atoms with Gasteiger partial charge in [-0.2, -0.15) is 0 Å². The third kappa shape index (κ3) is 5.23. The van der Waals surface area contributed by atoms with Gasteiger partial charge in [-0.3, -0.25) is 14.4 Å². The molecule has 0 saturated carbocycles. The van der Waals surface area contributed by atoms with E-state index in [1.165, 1.54) is 16.7 Å². The molecule has 5 rings (SSSR count). The van der Waals surface area contributed by atoms with Crippen LogP contribution < -0.4 is 10.2 Å². The minimum Gasteiger partial charge on any atom is -0.462 e. The van der Waals surface area contributed by atoms with Gasteiger partial charge in [-0.15, -0.1) is 10.2 Å². The van der Waals surface area contributed by atoms with Crippen LogP contribution in [-0.4, -0.2) is 50.8 Å². The standard InChI is InChI=1S/C29H25N5O5S/c1-3-33-25(18-11-15-21(16-12-18)34-26(36)22-7-5-6-8-23(22)27(34)37)31-32-29(33)40-17-24(35)30-20-13-9-19(10-14-20)28(38)39-4-2/h5-16H,3-4,17H2,1-2H3,(H,30,35). The molecule has 0 atom stereocenters. The molecule has 0 spiro atoms. The van der Waals surface area contributed by atoms with Crippen molar-refractivity contribution >= 4 is 46.8 Å². The molecule has 10 nitrogen and oxygen atoms in total. The second-order valence-electron chi connectivity index (χ2n) is 8.72. The van der Waals surface area contributed by atoms with Crippen LogP contribution in [0.15, 0.2) is 78.0 Å². The van der Waals surface area contributed by atoms with Crippen molar-refractivity contribution in [3.05, 3.63) is 89.5 Å². The molecule has 3 aromatic carbocycles. The molecule has 11 heteroatoms. The lowest BCUT2D eigenvalue weighted by molar-refractivity contribution is -0.113. The van der Waals surface area contributed by atoms with Crippen LogP contribution in [0.25, 0.3) is 11.4 Å². The third-order valence-corrected chi connectivity index (χ3v) is 7.19. The molecule has 0 radical (unpaired) electrons. The van der Waals surface area contributed by atoms with Crippen molar-refractivity contribution in [1.82, 2.24) is 14.8 Å². The topological polar surface area (TPSA) is 123 Å². The average molecular weight is 556 g/mol. The first-order chi connectivity index (χ1) is 19.4. The lowest BCUT2D eigenvalue weighted by Crippen LogP contribution is -2.29. The Morgan fingerprint density at radius 1 is 0.875 bits per heavy atom. The van der Waals surface area contributed by atoms with E-state index in [4.69, 9.17) is 4.74 Å². The van der Waals surface area contributed by atoms with E-state index < -0.39 is 5.97 Å². The lowest BCUT2D eigenvalue weighted by atomic mass is 10.1. The van der Waals surface area contributed by atoms with Gasteiger partial charge in [0, 0.05) is 17.8 Å². The van der Waals surface area contributed by atoms with Gasteiger partial charge in [0.05, 0.1) is 34.7 Å². The van der Waals surface area contributed by atoms with Crippen LogP contribution in [0.1, 0.15) is 44.9 Å². The largest absolute Gasteiger partial charge is 0.462 e. The summed E-state index contributed by atoms with van der Waals surface area (Å²) in [5.41, 5.74) is 2.99. The zero-order chi connectivity index (χ0) is 28.2. The maximum atomic E-state index is 12.8. The number of nitrogens with one attached hydrogen (secondary N) is 1. The number of aromatic nitrogens is 3. The Morgan fingerprint density at radius 2 is 1.52 bits per heavy atom. The Morgan fingerprint density at radius 3 is 2.12 bits per heavy atom. The summed E-state index contributed by atoms with van der Waals surface area (Å²) in [7, 11) is 0. The number of benzene rings is 3. The van der Waals surface area contributed by atoms with Crippen LogP contribution in [0.4, 0.5) is 11.4 Å². The summed E-state index contributed by atoms with van der Waals surface area (Å²) in [4.78, 5) is 51.1. The van der Waals surface area contributed by atoms with Crippen LogP contribution in [0, 0.1) is 0 Å². The van der Waals surface area contributed by atoms with E-state index in [1.807, 2.05) is 11.5 Å². The summed E-state index contributed by atoms with van der Waals surface area (Å²) in [6, 6.07) is 20.2. The number of hydrogen-bond donors (Lipinski definition) is 1. The molecule has 2 heterocycles. The molecule has 0 unspecified atom stereocenters. The van der Waals surface area contributed by atoms with E-state index in [0.717, 1.165) is 5.56 Å². The molecule has 0 fully saturated rings. The number of amides is 3. The first-order valence-corrected chi connectivity index (χ1v) is 13.6. The predicted molar refractivity (Wildman–Crippen MR) is 150 cm³/mol. The highest BCUT2D eigenvalue weighted by Crippen LogP contribution is 2.31. The molecule has 4 aromatic rings. The fourth-order valence-electron chi connectivity index (χ4n) is 4.31. The van der Waals surface area contributed by atoms with Gasteiger partial charge in [0.15, 0.2) is 11.0 Å². The van der Waals surface area contributed by atoms with Crippen LogP contribution in [0.3, 0.4) is 0 Å². The van der Waals surface area contributed by atoms with Crippen LogP contribution in [0.2, 0.25) is 0 Å².